The van der Waals surface area contributed by atoms with Crippen LogP contribution in [0, 0.1) is 17.8 Å². The molecule has 0 spiro atoms. The van der Waals surface area contributed by atoms with Gasteiger partial charge in [-0.15, -0.1) is 0 Å². The summed E-state index contributed by atoms with van der Waals surface area (Å²) >= 11 is 0. The fourth-order valence-electron chi connectivity index (χ4n) is 7.14. The third-order valence-corrected chi connectivity index (χ3v) is 12.2. The lowest BCUT2D eigenvalue weighted by Gasteiger charge is -2.29. The van der Waals surface area contributed by atoms with Crippen molar-refractivity contribution in [1.82, 2.24) is 30.6 Å². The van der Waals surface area contributed by atoms with E-state index in [1.807, 2.05) is 18.2 Å². The number of pyridine rings is 1. The average molecular weight is 759 g/mol. The van der Waals surface area contributed by atoms with Gasteiger partial charge in [0.1, 0.15) is 35.7 Å². The number of hydrogen-bond acceptors (Lipinski definition) is 10. The van der Waals surface area contributed by atoms with Gasteiger partial charge in [0.2, 0.25) is 21.8 Å². The molecule has 2 saturated carbocycles. The molecule has 4 N–H and O–H groups in total. The molecule has 1 aromatic carbocycles. The molecule has 5 atom stereocenters. The van der Waals surface area contributed by atoms with Gasteiger partial charge in [0, 0.05) is 24.1 Å². The molecule has 5 aliphatic rings. The van der Waals surface area contributed by atoms with E-state index in [4.69, 9.17) is 9.47 Å². The van der Waals surface area contributed by atoms with E-state index < -0.39 is 74.6 Å². The van der Waals surface area contributed by atoms with Crippen molar-refractivity contribution in [2.75, 3.05) is 19.8 Å². The number of fused-ring (bicyclic) bond motifs is 8. The van der Waals surface area contributed by atoms with E-state index in [9.17, 15) is 32.4 Å². The SMILES string of the molecule is O=C1N[C@H]2CCCCC/C=C\[C@@H]3C[C@@]3(C(=O)NS(=O)(=O)C3CC3)NC(=O)[C@@H]3C[C@H](CN3C2=O)NC(=O)c2cccc(n2)-c2cccc(c2)OCC#CCO1. The van der Waals surface area contributed by atoms with Crippen molar-refractivity contribution in [2.45, 2.75) is 86.7 Å². The minimum atomic E-state index is -3.91. The third-order valence-electron chi connectivity index (χ3n) is 10.3. The highest BCUT2D eigenvalue weighted by atomic mass is 32.2. The summed E-state index contributed by atoms with van der Waals surface area (Å²) < 4.78 is 38.8. The number of sulfonamides is 1. The number of amides is 5. The van der Waals surface area contributed by atoms with E-state index in [0.717, 1.165) is 12.8 Å². The Kier molecular flexibility index (Phi) is 10.6. The Labute approximate surface area is 313 Å². The molecule has 16 heteroatoms. The summed E-state index contributed by atoms with van der Waals surface area (Å²) in [5.74, 6) is 2.98. The zero-order valence-corrected chi connectivity index (χ0v) is 30.4. The lowest BCUT2D eigenvalue weighted by molar-refractivity contribution is -0.141. The van der Waals surface area contributed by atoms with Gasteiger partial charge in [0.15, 0.2) is 6.61 Å². The Morgan fingerprint density at radius 1 is 0.944 bits per heavy atom. The average Bonchev–Trinajstić information content (AvgIpc) is 4.08. The number of cyclic esters (lactones) is 1. The van der Waals surface area contributed by atoms with Gasteiger partial charge in [0.05, 0.1) is 10.9 Å². The van der Waals surface area contributed by atoms with E-state index >= 15 is 0 Å². The van der Waals surface area contributed by atoms with E-state index in [2.05, 4.69) is 37.5 Å². The number of ether oxygens (including phenoxy) is 2. The predicted molar refractivity (Wildman–Crippen MR) is 194 cm³/mol. The van der Waals surface area contributed by atoms with Gasteiger partial charge in [-0.3, -0.25) is 23.9 Å². The number of carbonyl (C=O) groups is 5. The topological polar surface area (TPSA) is 202 Å². The maximum atomic E-state index is 14.4. The van der Waals surface area contributed by atoms with Crippen molar-refractivity contribution in [3.05, 3.63) is 60.3 Å². The first-order valence-corrected chi connectivity index (χ1v) is 19.8. The summed E-state index contributed by atoms with van der Waals surface area (Å²) in [5, 5.41) is 7.74. The van der Waals surface area contributed by atoms with Crippen molar-refractivity contribution in [3.63, 3.8) is 0 Å². The first-order chi connectivity index (χ1) is 26.0. The molecule has 2 aromatic rings. The molecule has 284 valence electrons. The molecule has 0 unspecified atom stereocenters. The lowest BCUT2D eigenvalue weighted by Crippen LogP contribution is -2.58. The number of rotatable bonds is 3. The number of carbonyl (C=O) groups excluding carboxylic acids is 5. The summed E-state index contributed by atoms with van der Waals surface area (Å²) in [6, 6.07) is 9.16. The molecule has 2 aliphatic carbocycles. The monoisotopic (exact) mass is 758 g/mol. The van der Waals surface area contributed by atoms with Crippen LogP contribution in [0.5, 0.6) is 5.75 Å². The summed E-state index contributed by atoms with van der Waals surface area (Å²) in [6.45, 7) is -0.330. The van der Waals surface area contributed by atoms with Crippen LogP contribution < -0.4 is 25.4 Å². The molecule has 3 fully saturated rings. The zero-order chi connectivity index (χ0) is 37.9. The molecular formula is C38H42N6O9S. The minimum Gasteiger partial charge on any atom is -0.481 e. The van der Waals surface area contributed by atoms with Crippen LogP contribution in [0.25, 0.3) is 11.3 Å². The molecule has 7 bridgehead atoms. The number of nitrogens with one attached hydrogen (secondary N) is 4. The molecule has 1 saturated heterocycles. The van der Waals surface area contributed by atoms with Crippen LogP contribution in [0.2, 0.25) is 0 Å². The summed E-state index contributed by atoms with van der Waals surface area (Å²) in [6.07, 6.45) is 6.91. The van der Waals surface area contributed by atoms with Crippen molar-refractivity contribution < 1.29 is 41.9 Å². The maximum Gasteiger partial charge on any atom is 0.408 e. The second-order valence-electron chi connectivity index (χ2n) is 14.3. The summed E-state index contributed by atoms with van der Waals surface area (Å²) in [7, 11) is -3.91. The van der Waals surface area contributed by atoms with E-state index in [0.29, 0.717) is 42.7 Å². The molecule has 7 rings (SSSR count). The number of hydrogen-bond donors (Lipinski definition) is 4. The predicted octanol–water partition coefficient (Wildman–Crippen LogP) is 1.94. The van der Waals surface area contributed by atoms with Crippen LogP contribution in [-0.4, -0.2) is 96.7 Å². The van der Waals surface area contributed by atoms with Gasteiger partial charge in [-0.25, -0.2) is 18.2 Å². The quantitative estimate of drug-likeness (QED) is 0.265. The Morgan fingerprint density at radius 2 is 1.72 bits per heavy atom. The van der Waals surface area contributed by atoms with E-state index in [-0.39, 0.29) is 44.7 Å². The molecule has 3 aliphatic heterocycles. The van der Waals surface area contributed by atoms with Gasteiger partial charge in [0.25, 0.3) is 11.8 Å². The number of allylic oxidation sites excluding steroid dienone is 1. The number of aromatic nitrogens is 1. The molecule has 4 heterocycles. The third kappa shape index (κ3) is 8.36. The van der Waals surface area contributed by atoms with Crippen molar-refractivity contribution in [1.29, 1.82) is 0 Å². The van der Waals surface area contributed by atoms with Crippen LogP contribution >= 0.6 is 0 Å². The van der Waals surface area contributed by atoms with Gasteiger partial charge in [-0.1, -0.05) is 55.0 Å². The van der Waals surface area contributed by atoms with Crippen molar-refractivity contribution in [3.8, 4) is 28.8 Å². The smallest absolute Gasteiger partial charge is 0.408 e. The molecule has 1 aromatic heterocycles. The highest BCUT2D eigenvalue weighted by molar-refractivity contribution is 7.91. The Morgan fingerprint density at radius 3 is 2.54 bits per heavy atom. The van der Waals surface area contributed by atoms with Crippen LogP contribution in [0.4, 0.5) is 4.79 Å². The molecule has 0 radical (unpaired) electrons. The molecule has 15 nitrogen and oxygen atoms in total. The normalized spacial score (nSPS) is 28.3. The molecular weight excluding hydrogens is 717 g/mol. The number of nitrogens with zero attached hydrogens (tertiary/aromatic N) is 2. The second kappa shape index (κ2) is 15.5. The first kappa shape index (κ1) is 36.9. The highest BCUT2D eigenvalue weighted by Crippen LogP contribution is 2.46. The van der Waals surface area contributed by atoms with Crippen molar-refractivity contribution in [2.24, 2.45) is 5.92 Å². The van der Waals surface area contributed by atoms with Crippen LogP contribution in [0.3, 0.4) is 0 Å². The largest absolute Gasteiger partial charge is 0.481 e. The van der Waals surface area contributed by atoms with Gasteiger partial charge >= 0.3 is 6.09 Å². The molecule has 54 heavy (non-hydrogen) atoms. The first-order valence-electron chi connectivity index (χ1n) is 18.3. The Hall–Kier alpha value is -5.43. The van der Waals surface area contributed by atoms with Crippen molar-refractivity contribution >= 4 is 39.7 Å². The highest BCUT2D eigenvalue weighted by Gasteiger charge is 2.62. The van der Waals surface area contributed by atoms with E-state index in [1.54, 1.807) is 36.4 Å². The van der Waals surface area contributed by atoms with Crippen LogP contribution in [0.15, 0.2) is 54.6 Å². The number of alkyl carbamates (subject to hydrolysis) is 1. The lowest BCUT2D eigenvalue weighted by atomic mass is 10.0. The van der Waals surface area contributed by atoms with Gasteiger partial charge < -0.3 is 30.3 Å². The number of benzene rings is 1. The summed E-state index contributed by atoms with van der Waals surface area (Å²) in [5.41, 5.74) is -0.223. The maximum absolute atomic E-state index is 14.4. The summed E-state index contributed by atoms with van der Waals surface area (Å²) in [4.78, 5) is 74.7. The standard InChI is InChI=1S/C38H42N6O9S/c45-33-30-15-9-14-29(40-30)24-10-8-12-27(20-24)52-18-6-7-19-53-37(49)41-31-13-5-3-1-2-4-11-25-22-38(25,36(48)43-54(50,51)28-16-17-28)42-34(46)32-21-26(39-33)23-44(32)35(31)47/h4,8-12,14-15,20,25-26,28,31-32H,1-3,5,13,16-19,21-23H2,(H,39,45)(H,41,49)(H,42,46)(H,43,48)/b11-4-/t25-,26-,31+,32+,38-/m1/s1. The Bertz CT molecular complexity index is 2040. The van der Waals surface area contributed by atoms with Crippen LogP contribution in [-0.2, 0) is 29.1 Å². The van der Waals surface area contributed by atoms with Gasteiger partial charge in [-0.05, 0) is 69.2 Å². The molecule has 5 amide bonds. The fourth-order valence-corrected chi connectivity index (χ4v) is 8.50. The zero-order valence-electron chi connectivity index (χ0n) is 29.5. The van der Waals surface area contributed by atoms with Gasteiger partial charge in [-0.2, -0.15) is 0 Å². The Balaban J connectivity index is 1.20. The fraction of sp³-hybridized carbons (Fsp3) is 0.474. The second-order valence-corrected chi connectivity index (χ2v) is 16.2. The van der Waals surface area contributed by atoms with E-state index in [1.165, 1.54) is 4.90 Å². The van der Waals surface area contributed by atoms with Crippen LogP contribution in [0.1, 0.15) is 68.3 Å². The minimum absolute atomic E-state index is 0.0143.